The van der Waals surface area contributed by atoms with Crippen molar-refractivity contribution in [1.29, 1.82) is 0 Å². The Labute approximate surface area is 93.1 Å². The molecular formula is C12H13FN2O. The molecule has 1 aromatic heterocycles. The van der Waals surface area contributed by atoms with Crippen LogP contribution in [0.2, 0.25) is 0 Å². The monoisotopic (exact) mass is 220 g/mol. The molecule has 1 aromatic carbocycles. The van der Waals surface area contributed by atoms with Gasteiger partial charge in [0.25, 0.3) is 0 Å². The number of rotatable bonds is 3. The van der Waals surface area contributed by atoms with Gasteiger partial charge in [0.1, 0.15) is 11.6 Å². The fourth-order valence-electron chi connectivity index (χ4n) is 1.52. The molecule has 0 unspecified atom stereocenters. The van der Waals surface area contributed by atoms with E-state index >= 15 is 0 Å². The molecule has 0 bridgehead atoms. The Kier molecular flexibility index (Phi) is 2.90. The zero-order chi connectivity index (χ0) is 11.5. The van der Waals surface area contributed by atoms with Crippen LogP contribution in [0, 0.1) is 12.7 Å². The van der Waals surface area contributed by atoms with Crippen LogP contribution in [0.15, 0.2) is 28.8 Å². The lowest BCUT2D eigenvalue weighted by molar-refractivity contribution is 0.470. The van der Waals surface area contributed by atoms with E-state index in [9.17, 15) is 4.39 Å². The minimum absolute atomic E-state index is 0.182. The number of benzene rings is 1. The van der Waals surface area contributed by atoms with Gasteiger partial charge in [-0.25, -0.2) is 9.37 Å². The average Bonchev–Trinajstić information content (AvgIpc) is 2.66. The van der Waals surface area contributed by atoms with Crippen molar-refractivity contribution in [2.75, 3.05) is 5.73 Å². The fraction of sp³-hybridized carbons (Fsp3) is 0.250. The second-order valence-corrected chi connectivity index (χ2v) is 3.72. The van der Waals surface area contributed by atoms with Crippen molar-refractivity contribution in [2.45, 2.75) is 19.8 Å². The van der Waals surface area contributed by atoms with E-state index in [2.05, 4.69) is 4.98 Å². The minimum atomic E-state index is -0.379. The highest BCUT2D eigenvalue weighted by Crippen LogP contribution is 2.14. The molecule has 0 amide bonds. The second-order valence-electron chi connectivity index (χ2n) is 3.72. The number of hydrogen-bond donors (Lipinski definition) is 1. The number of oxazole rings is 1. The summed E-state index contributed by atoms with van der Waals surface area (Å²) >= 11 is 0. The van der Waals surface area contributed by atoms with Crippen molar-refractivity contribution in [3.63, 3.8) is 0 Å². The molecule has 0 aliphatic rings. The molecular weight excluding hydrogens is 207 g/mol. The Bertz CT molecular complexity index is 494. The highest BCUT2D eigenvalue weighted by molar-refractivity contribution is 5.42. The van der Waals surface area contributed by atoms with Gasteiger partial charge in [0, 0.05) is 6.42 Å². The molecule has 0 saturated heterocycles. The van der Waals surface area contributed by atoms with Crippen LogP contribution >= 0.6 is 0 Å². The maximum absolute atomic E-state index is 12.9. The van der Waals surface area contributed by atoms with Gasteiger partial charge in [0.15, 0.2) is 5.89 Å². The molecule has 2 aromatic rings. The Morgan fingerprint density at radius 1 is 1.38 bits per heavy atom. The van der Waals surface area contributed by atoms with E-state index < -0.39 is 0 Å². The Hall–Kier alpha value is -1.84. The predicted octanol–water partition coefficient (Wildman–Crippen LogP) is 2.49. The smallest absolute Gasteiger partial charge is 0.194 e. The summed E-state index contributed by atoms with van der Waals surface area (Å²) in [6, 6.07) is 4.75. The first-order valence-corrected chi connectivity index (χ1v) is 5.10. The van der Waals surface area contributed by atoms with Crippen LogP contribution in [0.4, 0.5) is 10.1 Å². The van der Waals surface area contributed by atoms with Crippen LogP contribution in [-0.2, 0) is 12.8 Å². The van der Waals surface area contributed by atoms with Gasteiger partial charge in [-0.15, -0.1) is 0 Å². The summed E-state index contributed by atoms with van der Waals surface area (Å²) in [4.78, 5) is 4.10. The summed E-state index contributed by atoms with van der Waals surface area (Å²) < 4.78 is 18.3. The average molecular weight is 220 g/mol. The van der Waals surface area contributed by atoms with Gasteiger partial charge in [-0.2, -0.15) is 0 Å². The third-order valence-corrected chi connectivity index (χ3v) is 2.36. The lowest BCUT2D eigenvalue weighted by atomic mass is 10.1. The summed E-state index contributed by atoms with van der Waals surface area (Å²) in [6.07, 6.45) is 3.12. The van der Waals surface area contributed by atoms with Crippen LogP contribution in [-0.4, -0.2) is 4.98 Å². The molecule has 3 nitrogen and oxygen atoms in total. The van der Waals surface area contributed by atoms with E-state index in [1.807, 2.05) is 6.92 Å². The van der Waals surface area contributed by atoms with E-state index in [-0.39, 0.29) is 11.5 Å². The Morgan fingerprint density at radius 2 is 2.19 bits per heavy atom. The quantitative estimate of drug-likeness (QED) is 0.808. The van der Waals surface area contributed by atoms with Crippen molar-refractivity contribution in [2.24, 2.45) is 0 Å². The van der Waals surface area contributed by atoms with Gasteiger partial charge in [0.05, 0.1) is 11.9 Å². The molecule has 0 radical (unpaired) electrons. The number of nitrogen functional groups attached to an aromatic ring is 1. The molecule has 2 N–H and O–H groups in total. The van der Waals surface area contributed by atoms with Crippen LogP contribution < -0.4 is 5.73 Å². The topological polar surface area (TPSA) is 52.0 Å². The first-order chi connectivity index (χ1) is 7.65. The minimum Gasteiger partial charge on any atom is -0.446 e. The molecule has 0 aliphatic heterocycles. The first kappa shape index (κ1) is 10.7. The summed E-state index contributed by atoms with van der Waals surface area (Å²) in [5.41, 5.74) is 6.64. The molecule has 0 fully saturated rings. The summed E-state index contributed by atoms with van der Waals surface area (Å²) in [5.74, 6) is 1.12. The predicted molar refractivity (Wildman–Crippen MR) is 59.5 cm³/mol. The second kappa shape index (κ2) is 4.35. The van der Waals surface area contributed by atoms with E-state index in [1.54, 1.807) is 18.3 Å². The van der Waals surface area contributed by atoms with Crippen LogP contribution in [0.5, 0.6) is 0 Å². The zero-order valence-electron chi connectivity index (χ0n) is 9.03. The van der Waals surface area contributed by atoms with Crippen LogP contribution in [0.1, 0.15) is 17.2 Å². The fourth-order valence-corrected chi connectivity index (χ4v) is 1.52. The molecule has 4 heteroatoms. The van der Waals surface area contributed by atoms with Gasteiger partial charge in [-0.1, -0.05) is 6.07 Å². The first-order valence-electron chi connectivity index (χ1n) is 5.10. The lowest BCUT2D eigenvalue weighted by Gasteiger charge is -2.01. The van der Waals surface area contributed by atoms with Crippen molar-refractivity contribution in [3.8, 4) is 0 Å². The van der Waals surface area contributed by atoms with Gasteiger partial charge in [-0.3, -0.25) is 0 Å². The Balaban J connectivity index is 2.02. The number of hydrogen-bond acceptors (Lipinski definition) is 3. The highest BCUT2D eigenvalue weighted by Gasteiger charge is 2.03. The maximum atomic E-state index is 12.9. The summed E-state index contributed by atoms with van der Waals surface area (Å²) in [6.45, 7) is 1.85. The van der Waals surface area contributed by atoms with E-state index in [4.69, 9.17) is 10.2 Å². The van der Waals surface area contributed by atoms with Crippen molar-refractivity contribution >= 4 is 5.69 Å². The number of anilines is 1. The summed E-state index contributed by atoms with van der Waals surface area (Å²) in [5, 5.41) is 0. The summed E-state index contributed by atoms with van der Waals surface area (Å²) in [7, 11) is 0. The number of nitrogens with two attached hydrogens (primary N) is 1. The Morgan fingerprint density at radius 3 is 2.81 bits per heavy atom. The van der Waals surface area contributed by atoms with E-state index in [1.165, 1.54) is 6.07 Å². The molecule has 2 rings (SSSR count). The normalized spacial score (nSPS) is 10.6. The number of halogens is 1. The molecule has 16 heavy (non-hydrogen) atoms. The van der Waals surface area contributed by atoms with Crippen LogP contribution in [0.3, 0.4) is 0 Å². The number of aromatic nitrogens is 1. The standard InChI is InChI=1S/C12H13FN2O/c1-8-7-15-12(16-8)5-3-9-2-4-10(13)11(14)6-9/h2,4,6-7H,3,5,14H2,1H3. The number of nitrogens with zero attached hydrogens (tertiary/aromatic N) is 1. The van der Waals surface area contributed by atoms with Gasteiger partial charge in [0.2, 0.25) is 0 Å². The van der Waals surface area contributed by atoms with E-state index in [0.717, 1.165) is 17.7 Å². The lowest BCUT2D eigenvalue weighted by Crippen LogP contribution is -1.95. The van der Waals surface area contributed by atoms with Crippen LogP contribution in [0.25, 0.3) is 0 Å². The third-order valence-electron chi connectivity index (χ3n) is 2.36. The van der Waals surface area contributed by atoms with Crippen molar-refractivity contribution < 1.29 is 8.81 Å². The molecule has 0 atom stereocenters. The van der Waals surface area contributed by atoms with Gasteiger partial charge in [-0.05, 0) is 31.0 Å². The third kappa shape index (κ3) is 2.39. The highest BCUT2D eigenvalue weighted by atomic mass is 19.1. The van der Waals surface area contributed by atoms with Gasteiger partial charge < -0.3 is 10.2 Å². The molecule has 84 valence electrons. The largest absolute Gasteiger partial charge is 0.446 e. The van der Waals surface area contributed by atoms with E-state index in [0.29, 0.717) is 12.3 Å². The number of aryl methyl sites for hydroxylation is 3. The SMILES string of the molecule is Cc1cnc(CCc2ccc(F)c(N)c2)o1. The molecule has 0 aliphatic carbocycles. The van der Waals surface area contributed by atoms with Crippen molar-refractivity contribution in [1.82, 2.24) is 4.98 Å². The molecule has 0 saturated carbocycles. The van der Waals surface area contributed by atoms with Crippen molar-refractivity contribution in [3.05, 3.63) is 47.4 Å². The van der Waals surface area contributed by atoms with Gasteiger partial charge >= 0.3 is 0 Å². The zero-order valence-corrected chi connectivity index (χ0v) is 9.03. The molecule has 1 heterocycles. The molecule has 0 spiro atoms. The maximum Gasteiger partial charge on any atom is 0.194 e.